The number of allylic oxidation sites excluding steroid dienone is 1. The molecule has 0 atom stereocenters. The van der Waals surface area contributed by atoms with Crippen LogP contribution in [-0.2, 0) is 4.74 Å². The Labute approximate surface area is 100 Å². The van der Waals surface area contributed by atoms with E-state index in [4.69, 9.17) is 4.74 Å². The highest BCUT2D eigenvalue weighted by Gasteiger charge is 2.16. The van der Waals surface area contributed by atoms with Crippen molar-refractivity contribution >= 4 is 11.7 Å². The third-order valence-corrected chi connectivity index (χ3v) is 2.66. The normalized spacial score (nSPS) is 13.2. The molecule has 90 valence electrons. The van der Waals surface area contributed by atoms with Crippen molar-refractivity contribution in [2.75, 3.05) is 19.0 Å². The molecule has 0 radical (unpaired) electrons. The zero-order valence-electron chi connectivity index (χ0n) is 10.2. The summed E-state index contributed by atoms with van der Waals surface area (Å²) in [5.41, 5.74) is 3.62. The van der Waals surface area contributed by atoms with Crippen LogP contribution in [-0.4, -0.2) is 19.7 Å². The van der Waals surface area contributed by atoms with Gasteiger partial charge in [-0.05, 0) is 32.0 Å². The van der Waals surface area contributed by atoms with E-state index in [2.05, 4.69) is 10.1 Å². The Morgan fingerprint density at radius 3 is 2.82 bits per heavy atom. The monoisotopic (exact) mass is 233 g/mol. The van der Waals surface area contributed by atoms with Crippen molar-refractivity contribution in [1.29, 1.82) is 0 Å². The van der Waals surface area contributed by atoms with E-state index in [1.807, 2.05) is 19.9 Å². The molecule has 0 spiro atoms. The summed E-state index contributed by atoms with van der Waals surface area (Å²) in [6.45, 7) is 4.55. The number of benzene rings is 1. The van der Waals surface area contributed by atoms with Crippen molar-refractivity contribution in [3.63, 3.8) is 0 Å². The summed E-state index contributed by atoms with van der Waals surface area (Å²) < 4.78 is 10.3. The molecule has 1 aliphatic heterocycles. The highest BCUT2D eigenvalue weighted by atomic mass is 16.5. The van der Waals surface area contributed by atoms with Crippen LogP contribution in [0.2, 0.25) is 0 Å². The minimum atomic E-state index is -0.357. The molecule has 1 aliphatic rings. The first-order valence-corrected chi connectivity index (χ1v) is 5.40. The van der Waals surface area contributed by atoms with Gasteiger partial charge in [0.1, 0.15) is 12.4 Å². The molecule has 17 heavy (non-hydrogen) atoms. The summed E-state index contributed by atoms with van der Waals surface area (Å²) in [6.07, 6.45) is 0. The van der Waals surface area contributed by atoms with Crippen LogP contribution in [0.5, 0.6) is 5.75 Å². The Bertz CT molecular complexity index is 487. The minimum Gasteiger partial charge on any atom is -0.485 e. The fourth-order valence-electron chi connectivity index (χ4n) is 1.61. The zero-order chi connectivity index (χ0) is 12.4. The number of fused-ring (bicyclic) bond motifs is 1. The standard InChI is InChI=1S/C13H15NO3/c1-8(2)11-7-17-12-6-9(13(15)16-3)4-5-10(12)14-11/h4-6,14H,7H2,1-3H3. The van der Waals surface area contributed by atoms with Crippen molar-refractivity contribution < 1.29 is 14.3 Å². The first-order valence-electron chi connectivity index (χ1n) is 5.40. The van der Waals surface area contributed by atoms with Gasteiger partial charge in [0.15, 0.2) is 0 Å². The molecule has 0 aliphatic carbocycles. The maximum absolute atomic E-state index is 11.4. The van der Waals surface area contributed by atoms with Gasteiger partial charge in [0.2, 0.25) is 0 Å². The molecule has 4 nitrogen and oxygen atoms in total. The van der Waals surface area contributed by atoms with Gasteiger partial charge in [-0.1, -0.05) is 5.57 Å². The van der Waals surface area contributed by atoms with Crippen LogP contribution >= 0.6 is 0 Å². The summed E-state index contributed by atoms with van der Waals surface area (Å²) >= 11 is 0. The number of ether oxygens (including phenoxy) is 2. The number of nitrogens with one attached hydrogen (secondary N) is 1. The lowest BCUT2D eigenvalue weighted by atomic mass is 10.1. The zero-order valence-corrected chi connectivity index (χ0v) is 10.2. The first kappa shape index (κ1) is 11.5. The third kappa shape index (κ3) is 2.25. The second-order valence-electron chi connectivity index (χ2n) is 4.09. The van der Waals surface area contributed by atoms with Crippen molar-refractivity contribution in [2.24, 2.45) is 0 Å². The molecule has 2 rings (SSSR count). The van der Waals surface area contributed by atoms with Crippen LogP contribution in [0.15, 0.2) is 29.5 Å². The fraction of sp³-hybridized carbons (Fsp3) is 0.308. The van der Waals surface area contributed by atoms with E-state index < -0.39 is 0 Å². The lowest BCUT2D eigenvalue weighted by Crippen LogP contribution is -2.18. The number of rotatable bonds is 1. The molecule has 1 aromatic rings. The Morgan fingerprint density at radius 2 is 2.18 bits per heavy atom. The quantitative estimate of drug-likeness (QED) is 0.757. The van der Waals surface area contributed by atoms with E-state index in [1.165, 1.54) is 12.7 Å². The van der Waals surface area contributed by atoms with Gasteiger partial charge >= 0.3 is 5.97 Å². The second-order valence-corrected chi connectivity index (χ2v) is 4.09. The largest absolute Gasteiger partial charge is 0.485 e. The summed E-state index contributed by atoms with van der Waals surface area (Å²) in [7, 11) is 1.36. The fourth-order valence-corrected chi connectivity index (χ4v) is 1.61. The van der Waals surface area contributed by atoms with Gasteiger partial charge < -0.3 is 14.8 Å². The van der Waals surface area contributed by atoms with Gasteiger partial charge in [0.25, 0.3) is 0 Å². The number of anilines is 1. The maximum Gasteiger partial charge on any atom is 0.337 e. The van der Waals surface area contributed by atoms with Crippen molar-refractivity contribution in [3.05, 3.63) is 35.0 Å². The average molecular weight is 233 g/mol. The van der Waals surface area contributed by atoms with E-state index >= 15 is 0 Å². The van der Waals surface area contributed by atoms with Gasteiger partial charge in [-0.15, -0.1) is 0 Å². The van der Waals surface area contributed by atoms with Crippen molar-refractivity contribution in [2.45, 2.75) is 13.8 Å². The first-order chi connectivity index (χ1) is 8.11. The molecule has 1 aromatic carbocycles. The lowest BCUT2D eigenvalue weighted by Gasteiger charge is -2.23. The van der Waals surface area contributed by atoms with Gasteiger partial charge in [-0.2, -0.15) is 0 Å². The van der Waals surface area contributed by atoms with E-state index in [0.717, 1.165) is 11.4 Å². The van der Waals surface area contributed by atoms with E-state index in [9.17, 15) is 4.79 Å². The van der Waals surface area contributed by atoms with Gasteiger partial charge in [-0.25, -0.2) is 4.79 Å². The molecule has 0 saturated carbocycles. The minimum absolute atomic E-state index is 0.357. The molecule has 1 N–H and O–H groups in total. The molecule has 0 bridgehead atoms. The Kier molecular flexibility index (Phi) is 3.04. The van der Waals surface area contributed by atoms with Crippen molar-refractivity contribution in [3.8, 4) is 5.75 Å². The highest BCUT2D eigenvalue weighted by molar-refractivity contribution is 5.90. The van der Waals surface area contributed by atoms with Crippen molar-refractivity contribution in [1.82, 2.24) is 0 Å². The Hall–Kier alpha value is -1.97. The van der Waals surface area contributed by atoms with E-state index in [1.54, 1.807) is 12.1 Å². The highest BCUT2D eigenvalue weighted by Crippen LogP contribution is 2.31. The lowest BCUT2D eigenvalue weighted by molar-refractivity contribution is 0.0600. The molecule has 4 heteroatoms. The molecule has 0 fully saturated rings. The van der Waals surface area contributed by atoms with E-state index in [-0.39, 0.29) is 5.97 Å². The molecule has 0 amide bonds. The molecular formula is C13H15NO3. The molecule has 0 unspecified atom stereocenters. The second kappa shape index (κ2) is 4.49. The maximum atomic E-state index is 11.4. The number of esters is 1. The number of hydrogen-bond acceptors (Lipinski definition) is 4. The van der Waals surface area contributed by atoms with Gasteiger partial charge in [0.05, 0.1) is 24.1 Å². The topological polar surface area (TPSA) is 47.6 Å². The Balaban J connectivity index is 2.32. The number of hydrogen-bond donors (Lipinski definition) is 1. The summed E-state index contributed by atoms with van der Waals surface area (Å²) in [6, 6.07) is 5.23. The summed E-state index contributed by atoms with van der Waals surface area (Å²) in [5, 5.41) is 3.28. The Morgan fingerprint density at radius 1 is 1.41 bits per heavy atom. The number of methoxy groups -OCH3 is 1. The van der Waals surface area contributed by atoms with Crippen LogP contribution in [0.25, 0.3) is 0 Å². The molecular weight excluding hydrogens is 218 g/mol. The van der Waals surface area contributed by atoms with Crippen LogP contribution in [0.3, 0.4) is 0 Å². The van der Waals surface area contributed by atoms with Crippen LogP contribution in [0, 0.1) is 0 Å². The smallest absolute Gasteiger partial charge is 0.337 e. The van der Waals surface area contributed by atoms with Crippen LogP contribution < -0.4 is 10.1 Å². The number of carbonyl (C=O) groups excluding carboxylic acids is 1. The van der Waals surface area contributed by atoms with Crippen LogP contribution in [0.1, 0.15) is 24.2 Å². The molecule has 0 aromatic heterocycles. The van der Waals surface area contributed by atoms with Gasteiger partial charge in [-0.3, -0.25) is 0 Å². The van der Waals surface area contributed by atoms with Crippen LogP contribution in [0.4, 0.5) is 5.69 Å². The number of carbonyl (C=O) groups is 1. The summed E-state index contributed by atoms with van der Waals surface area (Å²) in [5.74, 6) is 0.322. The third-order valence-electron chi connectivity index (χ3n) is 2.66. The predicted octanol–water partition coefficient (Wildman–Crippen LogP) is 2.57. The van der Waals surface area contributed by atoms with Gasteiger partial charge in [0, 0.05) is 0 Å². The molecule has 0 saturated heterocycles. The van der Waals surface area contributed by atoms with E-state index in [0.29, 0.717) is 17.9 Å². The predicted molar refractivity (Wildman–Crippen MR) is 65.3 cm³/mol. The summed E-state index contributed by atoms with van der Waals surface area (Å²) in [4.78, 5) is 11.4. The SMILES string of the molecule is COC(=O)c1ccc2c(c1)OCC(=C(C)C)N2. The average Bonchev–Trinajstić information content (AvgIpc) is 2.36. The molecule has 1 heterocycles.